The minimum Gasteiger partial charge on any atom is -0.368 e. The summed E-state index contributed by atoms with van der Waals surface area (Å²) >= 11 is 0. The van der Waals surface area contributed by atoms with E-state index >= 15 is 0 Å². The van der Waals surface area contributed by atoms with Gasteiger partial charge in [-0.25, -0.2) is 0 Å². The minimum atomic E-state index is -0.752. The first kappa shape index (κ1) is 9.93. The van der Waals surface area contributed by atoms with Crippen LogP contribution in [0.15, 0.2) is 0 Å². The summed E-state index contributed by atoms with van der Waals surface area (Å²) in [6, 6.07) is 0. The van der Waals surface area contributed by atoms with Crippen LogP contribution in [0.5, 0.6) is 0 Å². The molecule has 1 heterocycles. The van der Waals surface area contributed by atoms with Crippen molar-refractivity contribution in [1.29, 1.82) is 0 Å². The summed E-state index contributed by atoms with van der Waals surface area (Å²) < 4.78 is 0. The molecule has 0 aromatic rings. The fraction of sp³-hybridized carbons (Fsp3) is 0.900. The second kappa shape index (κ2) is 2.94. The van der Waals surface area contributed by atoms with E-state index in [1.165, 1.54) is 6.42 Å². The lowest BCUT2D eigenvalue weighted by Crippen LogP contribution is -2.72. The highest BCUT2D eigenvalue weighted by Gasteiger charge is 2.58. The van der Waals surface area contributed by atoms with Crippen LogP contribution in [0.3, 0.4) is 0 Å². The highest BCUT2D eigenvalue weighted by atomic mass is 16.1. The molecule has 1 atom stereocenters. The predicted octanol–water partition coefficient (Wildman–Crippen LogP) is -0.325. The molecule has 80 valence electrons. The summed E-state index contributed by atoms with van der Waals surface area (Å²) in [5, 5.41) is 0. The normalized spacial score (nSPS) is 36.7. The molecule has 1 saturated heterocycles. The van der Waals surface area contributed by atoms with Gasteiger partial charge in [0, 0.05) is 18.5 Å². The van der Waals surface area contributed by atoms with Crippen molar-refractivity contribution in [3.63, 3.8) is 0 Å². The largest absolute Gasteiger partial charge is 0.368 e. The Hall–Kier alpha value is -0.610. The van der Waals surface area contributed by atoms with Crippen LogP contribution in [-0.2, 0) is 4.79 Å². The number of hydrogen-bond acceptors (Lipinski definition) is 3. The average molecular weight is 197 g/mol. The molecule has 0 radical (unpaired) electrons. The molecule has 1 aliphatic carbocycles. The summed E-state index contributed by atoms with van der Waals surface area (Å²) in [6.45, 7) is 1.80. The Morgan fingerprint density at radius 3 is 2.43 bits per heavy atom. The van der Waals surface area contributed by atoms with Crippen LogP contribution in [-0.4, -0.2) is 36.5 Å². The number of nitrogens with zero attached hydrogens (tertiary/aromatic N) is 1. The van der Waals surface area contributed by atoms with E-state index in [1.807, 2.05) is 0 Å². The lowest BCUT2D eigenvalue weighted by Gasteiger charge is -2.57. The average Bonchev–Trinajstić information content (AvgIpc) is 2.06. The van der Waals surface area contributed by atoms with Crippen LogP contribution < -0.4 is 11.5 Å². The quantitative estimate of drug-likeness (QED) is 0.605. The fourth-order valence-corrected chi connectivity index (χ4v) is 2.96. The number of piperidine rings is 1. The molecule has 0 bridgehead atoms. The van der Waals surface area contributed by atoms with E-state index < -0.39 is 5.54 Å². The van der Waals surface area contributed by atoms with Crippen molar-refractivity contribution < 1.29 is 4.79 Å². The van der Waals surface area contributed by atoms with E-state index in [-0.39, 0.29) is 11.3 Å². The Labute approximate surface area is 84.6 Å². The van der Waals surface area contributed by atoms with Gasteiger partial charge in [0.1, 0.15) is 5.54 Å². The molecule has 2 aliphatic rings. The van der Waals surface area contributed by atoms with Crippen LogP contribution in [0, 0.1) is 5.41 Å². The molecule has 4 nitrogen and oxygen atoms in total. The Bertz CT molecular complexity index is 262. The Morgan fingerprint density at radius 1 is 1.36 bits per heavy atom. The first-order valence-electron chi connectivity index (χ1n) is 5.28. The van der Waals surface area contributed by atoms with Gasteiger partial charge in [-0.1, -0.05) is 6.42 Å². The topological polar surface area (TPSA) is 72.3 Å². The zero-order valence-corrected chi connectivity index (χ0v) is 8.75. The maximum atomic E-state index is 11.5. The van der Waals surface area contributed by atoms with E-state index in [0.717, 1.165) is 25.9 Å². The highest BCUT2D eigenvalue weighted by molar-refractivity contribution is 5.86. The smallest absolute Gasteiger partial charge is 0.238 e. The number of hydrogen-bond donors (Lipinski definition) is 2. The second-order valence-electron chi connectivity index (χ2n) is 4.96. The van der Waals surface area contributed by atoms with E-state index in [1.54, 1.807) is 0 Å². The minimum absolute atomic E-state index is 0.0220. The second-order valence-corrected chi connectivity index (χ2v) is 4.96. The molecular weight excluding hydrogens is 178 g/mol. The van der Waals surface area contributed by atoms with E-state index in [0.29, 0.717) is 6.42 Å². The highest BCUT2D eigenvalue weighted by Crippen LogP contribution is 2.51. The van der Waals surface area contributed by atoms with Gasteiger partial charge in [-0.05, 0) is 26.3 Å². The molecule has 14 heavy (non-hydrogen) atoms. The maximum absolute atomic E-state index is 11.5. The van der Waals surface area contributed by atoms with Crippen molar-refractivity contribution in [3.05, 3.63) is 0 Å². The third-order valence-corrected chi connectivity index (χ3v) is 4.16. The van der Waals surface area contributed by atoms with E-state index in [9.17, 15) is 4.79 Å². The van der Waals surface area contributed by atoms with Gasteiger partial charge >= 0.3 is 0 Å². The molecule has 4 heteroatoms. The third-order valence-electron chi connectivity index (χ3n) is 4.16. The monoisotopic (exact) mass is 197 g/mol. The molecule has 1 spiro atoms. The number of nitrogens with two attached hydrogens (primary N) is 2. The lowest BCUT2D eigenvalue weighted by molar-refractivity contribution is -0.138. The summed E-state index contributed by atoms with van der Waals surface area (Å²) in [5.41, 5.74) is 10.9. The molecule has 1 aliphatic heterocycles. The first-order chi connectivity index (χ1) is 6.50. The van der Waals surface area contributed by atoms with Crippen LogP contribution in [0.25, 0.3) is 0 Å². The molecule has 2 fully saturated rings. The van der Waals surface area contributed by atoms with Crippen molar-refractivity contribution in [2.24, 2.45) is 16.9 Å². The third kappa shape index (κ3) is 1.10. The molecule has 0 aromatic carbocycles. The van der Waals surface area contributed by atoms with Gasteiger partial charge in [0.25, 0.3) is 0 Å². The maximum Gasteiger partial charge on any atom is 0.238 e. The van der Waals surface area contributed by atoms with Crippen molar-refractivity contribution in [1.82, 2.24) is 4.90 Å². The first-order valence-corrected chi connectivity index (χ1v) is 5.28. The summed E-state index contributed by atoms with van der Waals surface area (Å²) in [6.07, 6.45) is 3.99. The van der Waals surface area contributed by atoms with Gasteiger partial charge in [0.15, 0.2) is 0 Å². The summed E-state index contributed by atoms with van der Waals surface area (Å²) in [7, 11) is 2.08. The number of likely N-dealkylation sites (tertiary alicyclic amines) is 1. The van der Waals surface area contributed by atoms with Crippen molar-refractivity contribution in [2.75, 3.05) is 20.1 Å². The number of amides is 1. The van der Waals surface area contributed by atoms with Crippen LogP contribution in [0.1, 0.15) is 25.7 Å². The van der Waals surface area contributed by atoms with Gasteiger partial charge in [-0.15, -0.1) is 0 Å². The number of primary amides is 1. The molecular formula is C10H19N3O. The number of carbonyl (C=O) groups excluding carboxylic acids is 1. The van der Waals surface area contributed by atoms with Crippen molar-refractivity contribution in [3.8, 4) is 0 Å². The van der Waals surface area contributed by atoms with E-state index in [2.05, 4.69) is 11.9 Å². The molecule has 1 amide bonds. The number of carbonyl (C=O) groups is 1. The summed E-state index contributed by atoms with van der Waals surface area (Å²) in [4.78, 5) is 13.7. The molecule has 0 aromatic heterocycles. The van der Waals surface area contributed by atoms with Gasteiger partial charge in [-0.3, -0.25) is 4.79 Å². The Balaban J connectivity index is 2.27. The zero-order valence-electron chi connectivity index (χ0n) is 8.75. The van der Waals surface area contributed by atoms with Gasteiger partial charge in [0.2, 0.25) is 5.91 Å². The van der Waals surface area contributed by atoms with Gasteiger partial charge in [0.05, 0.1) is 0 Å². The standard InChI is InChI=1S/C10H19N3O/c1-13-6-5-10(12,8(11)14)9(7-13)3-2-4-9/h2-7,12H2,1H3,(H2,11,14). The SMILES string of the molecule is CN1CCC(N)(C(N)=O)C2(CCC2)C1. The Kier molecular flexibility index (Phi) is 2.08. The van der Waals surface area contributed by atoms with Crippen LogP contribution in [0.4, 0.5) is 0 Å². The molecule has 2 rings (SSSR count). The summed E-state index contributed by atoms with van der Waals surface area (Å²) in [5.74, 6) is -0.315. The van der Waals surface area contributed by atoms with Crippen LogP contribution >= 0.6 is 0 Å². The van der Waals surface area contributed by atoms with Crippen LogP contribution in [0.2, 0.25) is 0 Å². The fourth-order valence-electron chi connectivity index (χ4n) is 2.96. The lowest BCUT2D eigenvalue weighted by atomic mass is 9.54. The van der Waals surface area contributed by atoms with Gasteiger partial charge in [-0.2, -0.15) is 0 Å². The number of rotatable bonds is 1. The molecule has 1 unspecified atom stereocenters. The molecule has 4 N–H and O–H groups in total. The predicted molar refractivity (Wildman–Crippen MR) is 54.5 cm³/mol. The molecule has 1 saturated carbocycles. The van der Waals surface area contributed by atoms with Crippen molar-refractivity contribution in [2.45, 2.75) is 31.2 Å². The van der Waals surface area contributed by atoms with E-state index in [4.69, 9.17) is 11.5 Å². The van der Waals surface area contributed by atoms with Gasteiger partial charge < -0.3 is 16.4 Å². The van der Waals surface area contributed by atoms with Crippen molar-refractivity contribution >= 4 is 5.91 Å². The zero-order chi connectivity index (χ0) is 10.4. The Morgan fingerprint density at radius 2 is 2.00 bits per heavy atom.